The van der Waals surface area contributed by atoms with E-state index in [2.05, 4.69) is 17.3 Å². The topological polar surface area (TPSA) is 33.7 Å². The molecule has 0 saturated carbocycles. The van der Waals surface area contributed by atoms with Crippen LogP contribution in [-0.4, -0.2) is 45.3 Å². The SMILES string of the molecule is COc1cc(OC)c(NC2CCN(C)CC2)cc1Cl. The zero-order valence-electron chi connectivity index (χ0n) is 11.7. The second kappa shape index (κ2) is 6.35. The summed E-state index contributed by atoms with van der Waals surface area (Å²) >= 11 is 6.17. The van der Waals surface area contributed by atoms with Gasteiger partial charge in [-0.05, 0) is 39.0 Å². The zero-order valence-corrected chi connectivity index (χ0v) is 12.5. The standard InChI is InChI=1S/C14H21ClN2O2/c1-17-6-4-10(5-7-17)16-12-8-11(15)13(18-2)9-14(12)19-3/h8-10,16H,4-7H2,1-3H3. The summed E-state index contributed by atoms with van der Waals surface area (Å²) in [5, 5.41) is 4.12. The minimum absolute atomic E-state index is 0.467. The van der Waals surface area contributed by atoms with Crippen molar-refractivity contribution in [1.82, 2.24) is 4.90 Å². The van der Waals surface area contributed by atoms with E-state index in [0.717, 1.165) is 37.4 Å². The van der Waals surface area contributed by atoms with Crippen LogP contribution in [-0.2, 0) is 0 Å². The Morgan fingerprint density at radius 2 is 1.79 bits per heavy atom. The molecule has 1 aromatic rings. The quantitative estimate of drug-likeness (QED) is 0.922. The number of anilines is 1. The Kier molecular flexibility index (Phi) is 4.77. The Balaban J connectivity index is 2.13. The van der Waals surface area contributed by atoms with Gasteiger partial charge in [-0.2, -0.15) is 0 Å². The van der Waals surface area contributed by atoms with E-state index in [1.165, 1.54) is 0 Å². The molecule has 1 saturated heterocycles. The molecule has 1 N–H and O–H groups in total. The summed E-state index contributed by atoms with van der Waals surface area (Å²) in [5.74, 6) is 1.40. The molecule has 19 heavy (non-hydrogen) atoms. The average molecular weight is 285 g/mol. The van der Waals surface area contributed by atoms with Gasteiger partial charge in [-0.3, -0.25) is 0 Å². The van der Waals surface area contributed by atoms with Crippen molar-refractivity contribution in [2.24, 2.45) is 0 Å². The van der Waals surface area contributed by atoms with E-state index in [1.807, 2.05) is 12.1 Å². The van der Waals surface area contributed by atoms with Crippen LogP contribution < -0.4 is 14.8 Å². The molecule has 4 nitrogen and oxygen atoms in total. The van der Waals surface area contributed by atoms with Crippen molar-refractivity contribution >= 4 is 17.3 Å². The minimum atomic E-state index is 0.467. The number of piperidine rings is 1. The van der Waals surface area contributed by atoms with E-state index in [-0.39, 0.29) is 0 Å². The lowest BCUT2D eigenvalue weighted by atomic mass is 10.1. The van der Waals surface area contributed by atoms with Crippen LogP contribution in [0.2, 0.25) is 5.02 Å². The lowest BCUT2D eigenvalue weighted by Crippen LogP contribution is -2.36. The van der Waals surface area contributed by atoms with E-state index in [9.17, 15) is 0 Å². The second-order valence-electron chi connectivity index (χ2n) is 4.91. The molecule has 0 aliphatic carbocycles. The number of hydrogen-bond acceptors (Lipinski definition) is 4. The first-order chi connectivity index (χ1) is 9.13. The normalized spacial score (nSPS) is 17.3. The molecule has 0 radical (unpaired) electrons. The highest BCUT2D eigenvalue weighted by molar-refractivity contribution is 6.32. The molecule has 5 heteroatoms. The van der Waals surface area contributed by atoms with E-state index in [0.29, 0.717) is 16.8 Å². The minimum Gasteiger partial charge on any atom is -0.495 e. The second-order valence-corrected chi connectivity index (χ2v) is 5.32. The van der Waals surface area contributed by atoms with Crippen molar-refractivity contribution in [3.63, 3.8) is 0 Å². The molecular weight excluding hydrogens is 264 g/mol. The van der Waals surface area contributed by atoms with Gasteiger partial charge in [0.15, 0.2) is 0 Å². The largest absolute Gasteiger partial charge is 0.495 e. The fourth-order valence-corrected chi connectivity index (χ4v) is 2.59. The van der Waals surface area contributed by atoms with Crippen LogP contribution in [0.15, 0.2) is 12.1 Å². The molecule has 1 fully saturated rings. The number of benzene rings is 1. The molecule has 1 heterocycles. The maximum Gasteiger partial charge on any atom is 0.145 e. The third-order valence-electron chi connectivity index (χ3n) is 3.55. The number of hydrogen-bond donors (Lipinski definition) is 1. The Morgan fingerprint density at radius 1 is 1.16 bits per heavy atom. The van der Waals surface area contributed by atoms with Gasteiger partial charge in [0.1, 0.15) is 11.5 Å². The highest BCUT2D eigenvalue weighted by Gasteiger charge is 2.18. The maximum absolute atomic E-state index is 6.17. The monoisotopic (exact) mass is 284 g/mol. The highest BCUT2D eigenvalue weighted by atomic mass is 35.5. The van der Waals surface area contributed by atoms with Gasteiger partial charge in [-0.1, -0.05) is 11.6 Å². The van der Waals surface area contributed by atoms with Crippen molar-refractivity contribution in [2.75, 3.05) is 39.7 Å². The van der Waals surface area contributed by atoms with E-state index in [1.54, 1.807) is 14.2 Å². The Labute approximate surface area is 119 Å². The number of ether oxygens (including phenoxy) is 2. The number of methoxy groups -OCH3 is 2. The van der Waals surface area contributed by atoms with Gasteiger partial charge in [0, 0.05) is 12.1 Å². The molecule has 1 aliphatic heterocycles. The molecular formula is C14H21ClN2O2. The highest BCUT2D eigenvalue weighted by Crippen LogP contribution is 2.36. The molecule has 1 aromatic carbocycles. The van der Waals surface area contributed by atoms with E-state index in [4.69, 9.17) is 21.1 Å². The first kappa shape index (κ1) is 14.3. The molecule has 106 valence electrons. The Morgan fingerprint density at radius 3 is 2.37 bits per heavy atom. The molecule has 0 unspecified atom stereocenters. The summed E-state index contributed by atoms with van der Waals surface area (Å²) in [7, 11) is 5.41. The maximum atomic E-state index is 6.17. The molecule has 0 aromatic heterocycles. The summed E-state index contributed by atoms with van der Waals surface area (Å²) in [4.78, 5) is 2.34. The van der Waals surface area contributed by atoms with Crippen molar-refractivity contribution in [2.45, 2.75) is 18.9 Å². The third kappa shape index (κ3) is 3.45. The van der Waals surface area contributed by atoms with Gasteiger partial charge >= 0.3 is 0 Å². The Bertz CT molecular complexity index is 432. The fourth-order valence-electron chi connectivity index (χ4n) is 2.35. The number of halogens is 1. The van der Waals surface area contributed by atoms with Gasteiger partial charge in [-0.15, -0.1) is 0 Å². The Hall–Kier alpha value is -1.13. The molecule has 0 amide bonds. The van der Waals surface area contributed by atoms with Gasteiger partial charge in [0.25, 0.3) is 0 Å². The lowest BCUT2D eigenvalue weighted by Gasteiger charge is -2.30. The van der Waals surface area contributed by atoms with Crippen molar-refractivity contribution in [1.29, 1.82) is 0 Å². The number of likely N-dealkylation sites (tertiary alicyclic amines) is 1. The molecule has 1 aliphatic rings. The number of nitrogens with one attached hydrogen (secondary N) is 1. The first-order valence-electron chi connectivity index (χ1n) is 6.50. The van der Waals surface area contributed by atoms with Crippen molar-refractivity contribution in [3.8, 4) is 11.5 Å². The summed E-state index contributed by atoms with van der Waals surface area (Å²) in [5.41, 5.74) is 0.933. The average Bonchev–Trinajstić information content (AvgIpc) is 2.42. The van der Waals surface area contributed by atoms with E-state index < -0.39 is 0 Å². The smallest absolute Gasteiger partial charge is 0.145 e. The summed E-state index contributed by atoms with van der Waals surface area (Å²) in [6.45, 7) is 2.23. The number of nitrogens with zero attached hydrogens (tertiary/aromatic N) is 1. The molecule has 0 spiro atoms. The van der Waals surface area contributed by atoms with Crippen LogP contribution in [0.4, 0.5) is 5.69 Å². The number of rotatable bonds is 4. The zero-order chi connectivity index (χ0) is 13.8. The van der Waals surface area contributed by atoms with Crippen LogP contribution in [0.1, 0.15) is 12.8 Å². The predicted octanol–water partition coefficient (Wildman–Crippen LogP) is 2.86. The van der Waals surface area contributed by atoms with Crippen LogP contribution in [0.25, 0.3) is 0 Å². The fraction of sp³-hybridized carbons (Fsp3) is 0.571. The van der Waals surface area contributed by atoms with Crippen LogP contribution in [0.5, 0.6) is 11.5 Å². The van der Waals surface area contributed by atoms with Crippen LogP contribution in [0.3, 0.4) is 0 Å². The van der Waals surface area contributed by atoms with Crippen LogP contribution in [0, 0.1) is 0 Å². The lowest BCUT2D eigenvalue weighted by molar-refractivity contribution is 0.263. The predicted molar refractivity (Wildman–Crippen MR) is 78.7 cm³/mol. The van der Waals surface area contributed by atoms with Gasteiger partial charge in [-0.25, -0.2) is 0 Å². The van der Waals surface area contributed by atoms with E-state index >= 15 is 0 Å². The molecule has 0 bridgehead atoms. The summed E-state index contributed by atoms with van der Waals surface area (Å²) < 4.78 is 10.6. The third-order valence-corrected chi connectivity index (χ3v) is 3.85. The van der Waals surface area contributed by atoms with Crippen LogP contribution >= 0.6 is 11.6 Å². The van der Waals surface area contributed by atoms with Crippen molar-refractivity contribution < 1.29 is 9.47 Å². The van der Waals surface area contributed by atoms with Crippen molar-refractivity contribution in [3.05, 3.63) is 17.2 Å². The van der Waals surface area contributed by atoms with Gasteiger partial charge in [0.05, 0.1) is 24.9 Å². The van der Waals surface area contributed by atoms with Gasteiger partial charge in [0.2, 0.25) is 0 Å². The molecule has 0 atom stereocenters. The summed E-state index contributed by atoms with van der Waals surface area (Å²) in [6.07, 6.45) is 2.26. The summed E-state index contributed by atoms with van der Waals surface area (Å²) in [6, 6.07) is 4.16. The molecule has 2 rings (SSSR count). The van der Waals surface area contributed by atoms with Gasteiger partial charge < -0.3 is 19.7 Å². The first-order valence-corrected chi connectivity index (χ1v) is 6.88.